The Balaban J connectivity index is 1.69. The van der Waals surface area contributed by atoms with E-state index in [1.165, 1.54) is 0 Å². The average molecular weight is 253 g/mol. The molecule has 0 aromatic carbocycles. The summed E-state index contributed by atoms with van der Waals surface area (Å²) >= 11 is 0. The van der Waals surface area contributed by atoms with Crippen molar-refractivity contribution in [2.45, 2.75) is 25.8 Å². The quantitative estimate of drug-likeness (QED) is 0.687. The molecule has 1 fully saturated rings. The number of nitrogens with two attached hydrogens (primary N) is 1. The van der Waals surface area contributed by atoms with Crippen molar-refractivity contribution in [2.75, 3.05) is 39.4 Å². The van der Waals surface area contributed by atoms with E-state index in [-0.39, 0.29) is 0 Å². The number of hydrogen-bond acceptors (Lipinski definition) is 5. The van der Waals surface area contributed by atoms with Gasteiger partial charge in [0, 0.05) is 25.8 Å². The molecule has 2 rings (SSSR count). The number of unbranched alkanes of at least 4 members (excludes halogenated alkanes) is 1. The Morgan fingerprint density at radius 3 is 2.83 bits per heavy atom. The molecule has 1 aromatic heterocycles. The summed E-state index contributed by atoms with van der Waals surface area (Å²) in [7, 11) is 0. The van der Waals surface area contributed by atoms with Crippen LogP contribution in [0.25, 0.3) is 0 Å². The molecule has 102 valence electrons. The average Bonchev–Trinajstić information content (AvgIpc) is 2.86. The molecule has 0 spiro atoms. The number of morpholine rings is 1. The van der Waals surface area contributed by atoms with E-state index >= 15 is 0 Å². The highest BCUT2D eigenvalue weighted by molar-refractivity contribution is 4.92. The Morgan fingerprint density at radius 1 is 1.22 bits per heavy atom. The Morgan fingerprint density at radius 2 is 2.06 bits per heavy atom. The van der Waals surface area contributed by atoms with Gasteiger partial charge in [0.15, 0.2) is 0 Å². The molecule has 0 bridgehead atoms. The molecule has 1 aliphatic rings. The molecular formula is C12H23N5O. The third-order valence-electron chi connectivity index (χ3n) is 3.22. The maximum absolute atomic E-state index is 5.47. The lowest BCUT2D eigenvalue weighted by Crippen LogP contribution is -2.38. The number of rotatable bonds is 7. The van der Waals surface area contributed by atoms with Crippen LogP contribution in [0.3, 0.4) is 0 Å². The minimum absolute atomic E-state index is 0.755. The van der Waals surface area contributed by atoms with Crippen molar-refractivity contribution in [3.05, 3.63) is 11.9 Å². The molecule has 1 saturated heterocycles. The van der Waals surface area contributed by atoms with E-state index in [0.29, 0.717) is 0 Å². The van der Waals surface area contributed by atoms with Gasteiger partial charge in [-0.05, 0) is 25.8 Å². The Hall–Kier alpha value is -0.980. The monoisotopic (exact) mass is 253 g/mol. The summed E-state index contributed by atoms with van der Waals surface area (Å²) in [6, 6.07) is 0. The molecule has 2 N–H and O–H groups in total. The van der Waals surface area contributed by atoms with E-state index in [1.54, 1.807) is 0 Å². The third-order valence-corrected chi connectivity index (χ3v) is 3.22. The molecule has 0 atom stereocenters. The predicted molar refractivity (Wildman–Crippen MR) is 69.3 cm³/mol. The molecule has 6 heteroatoms. The molecule has 1 aromatic rings. The zero-order valence-electron chi connectivity index (χ0n) is 10.9. The van der Waals surface area contributed by atoms with Crippen LogP contribution in [0, 0.1) is 0 Å². The summed E-state index contributed by atoms with van der Waals surface area (Å²) in [5.74, 6) is 0. The fourth-order valence-electron chi connectivity index (χ4n) is 2.08. The summed E-state index contributed by atoms with van der Waals surface area (Å²) in [5, 5.41) is 8.34. The number of aryl methyl sites for hydroxylation is 1. The molecule has 0 amide bonds. The van der Waals surface area contributed by atoms with Crippen LogP contribution in [0.2, 0.25) is 0 Å². The van der Waals surface area contributed by atoms with Crippen molar-refractivity contribution < 1.29 is 4.74 Å². The second kappa shape index (κ2) is 7.45. The third kappa shape index (κ3) is 4.36. The van der Waals surface area contributed by atoms with Crippen LogP contribution in [-0.2, 0) is 17.7 Å². The van der Waals surface area contributed by atoms with E-state index in [1.807, 2.05) is 4.68 Å². The van der Waals surface area contributed by atoms with Crippen molar-refractivity contribution >= 4 is 0 Å². The maximum Gasteiger partial charge on any atom is 0.0827 e. The summed E-state index contributed by atoms with van der Waals surface area (Å²) < 4.78 is 7.26. The fraction of sp³-hybridized carbons (Fsp3) is 0.833. The number of ether oxygens (including phenoxy) is 1. The van der Waals surface area contributed by atoms with Crippen molar-refractivity contribution in [3.63, 3.8) is 0 Å². The van der Waals surface area contributed by atoms with Crippen molar-refractivity contribution in [3.8, 4) is 0 Å². The first-order chi connectivity index (χ1) is 8.88. The summed E-state index contributed by atoms with van der Waals surface area (Å²) in [6.07, 6.45) is 5.19. The van der Waals surface area contributed by atoms with Gasteiger partial charge in [0.25, 0.3) is 0 Å². The van der Waals surface area contributed by atoms with Gasteiger partial charge in [-0.2, -0.15) is 0 Å². The fourth-order valence-corrected chi connectivity index (χ4v) is 2.08. The number of nitrogens with zero attached hydrogens (tertiary/aromatic N) is 4. The van der Waals surface area contributed by atoms with Crippen molar-refractivity contribution in [1.82, 2.24) is 19.9 Å². The van der Waals surface area contributed by atoms with Crippen LogP contribution in [0.1, 0.15) is 18.5 Å². The normalized spacial score (nSPS) is 17.2. The predicted octanol–water partition coefficient (Wildman–Crippen LogP) is -0.108. The van der Waals surface area contributed by atoms with E-state index in [9.17, 15) is 0 Å². The summed E-state index contributed by atoms with van der Waals surface area (Å²) in [5.41, 5.74) is 6.55. The van der Waals surface area contributed by atoms with Crippen molar-refractivity contribution in [1.29, 1.82) is 0 Å². The zero-order valence-corrected chi connectivity index (χ0v) is 10.9. The Labute approximate surface area is 108 Å². The second-order valence-corrected chi connectivity index (χ2v) is 4.67. The second-order valence-electron chi connectivity index (χ2n) is 4.67. The van der Waals surface area contributed by atoms with Gasteiger partial charge in [-0.15, -0.1) is 5.10 Å². The molecular weight excluding hydrogens is 230 g/mol. The van der Waals surface area contributed by atoms with Gasteiger partial charge in [0.1, 0.15) is 0 Å². The SMILES string of the molecule is NCCCCc1cn(CCN2CCOCC2)nn1. The largest absolute Gasteiger partial charge is 0.379 e. The van der Waals surface area contributed by atoms with Gasteiger partial charge < -0.3 is 10.5 Å². The molecule has 1 aliphatic heterocycles. The van der Waals surface area contributed by atoms with Crippen LogP contribution >= 0.6 is 0 Å². The first kappa shape index (κ1) is 13.5. The first-order valence-corrected chi connectivity index (χ1v) is 6.77. The molecule has 0 saturated carbocycles. The summed E-state index contributed by atoms with van der Waals surface area (Å²) in [4.78, 5) is 2.40. The first-order valence-electron chi connectivity index (χ1n) is 6.77. The highest BCUT2D eigenvalue weighted by atomic mass is 16.5. The highest BCUT2D eigenvalue weighted by Crippen LogP contribution is 2.01. The maximum atomic E-state index is 5.47. The van der Waals surface area contributed by atoms with E-state index < -0.39 is 0 Å². The van der Waals surface area contributed by atoms with Gasteiger partial charge in [0.2, 0.25) is 0 Å². The number of hydrogen-bond donors (Lipinski definition) is 1. The number of aromatic nitrogens is 3. The molecule has 0 unspecified atom stereocenters. The van der Waals surface area contributed by atoms with E-state index in [4.69, 9.17) is 10.5 Å². The Kier molecular flexibility index (Phi) is 5.57. The topological polar surface area (TPSA) is 69.2 Å². The summed E-state index contributed by atoms with van der Waals surface area (Å²) in [6.45, 7) is 6.43. The Bertz CT molecular complexity index is 335. The van der Waals surface area contributed by atoms with Crippen LogP contribution in [0.4, 0.5) is 0 Å². The highest BCUT2D eigenvalue weighted by Gasteiger charge is 2.10. The van der Waals surface area contributed by atoms with Gasteiger partial charge in [0.05, 0.1) is 25.5 Å². The van der Waals surface area contributed by atoms with E-state index in [2.05, 4.69) is 21.4 Å². The zero-order chi connectivity index (χ0) is 12.6. The standard InChI is InChI=1S/C12H23N5O/c13-4-2-1-3-12-11-17(15-14-12)6-5-16-7-9-18-10-8-16/h11H,1-10,13H2. The van der Waals surface area contributed by atoms with Crippen molar-refractivity contribution in [2.24, 2.45) is 5.73 Å². The lowest BCUT2D eigenvalue weighted by molar-refractivity contribution is 0.0359. The molecule has 0 aliphatic carbocycles. The van der Waals surface area contributed by atoms with Crippen LogP contribution in [0.5, 0.6) is 0 Å². The molecule has 6 nitrogen and oxygen atoms in total. The van der Waals surface area contributed by atoms with Gasteiger partial charge >= 0.3 is 0 Å². The van der Waals surface area contributed by atoms with Crippen LogP contribution in [0.15, 0.2) is 6.20 Å². The minimum Gasteiger partial charge on any atom is -0.379 e. The van der Waals surface area contributed by atoms with Gasteiger partial charge in [-0.25, -0.2) is 0 Å². The lowest BCUT2D eigenvalue weighted by Gasteiger charge is -2.26. The minimum atomic E-state index is 0.755. The molecule has 2 heterocycles. The van der Waals surface area contributed by atoms with Gasteiger partial charge in [-0.3, -0.25) is 9.58 Å². The lowest BCUT2D eigenvalue weighted by atomic mass is 10.2. The smallest absolute Gasteiger partial charge is 0.0827 e. The molecule has 0 radical (unpaired) electrons. The van der Waals surface area contributed by atoms with Gasteiger partial charge in [-0.1, -0.05) is 5.21 Å². The van der Waals surface area contributed by atoms with Crippen LogP contribution < -0.4 is 5.73 Å². The van der Waals surface area contributed by atoms with Crippen LogP contribution in [-0.4, -0.2) is 59.3 Å². The van der Waals surface area contributed by atoms with E-state index in [0.717, 1.165) is 70.9 Å². The molecule has 18 heavy (non-hydrogen) atoms.